The van der Waals surface area contributed by atoms with Crippen LogP contribution in [0.25, 0.3) is 0 Å². The molecule has 2 aromatic heterocycles. The van der Waals surface area contributed by atoms with Gasteiger partial charge in [0.1, 0.15) is 17.5 Å². The number of nitrogens with zero attached hydrogens (tertiary/aromatic N) is 5. The lowest BCUT2D eigenvalue weighted by atomic mass is 9.94. The van der Waals surface area contributed by atoms with Crippen LogP contribution in [0.5, 0.6) is 0 Å². The molecule has 1 amide bonds. The highest BCUT2D eigenvalue weighted by Gasteiger charge is 2.31. The quantitative estimate of drug-likeness (QED) is 0.832. The van der Waals surface area contributed by atoms with Gasteiger partial charge >= 0.3 is 0 Å². The van der Waals surface area contributed by atoms with Crippen LogP contribution in [-0.4, -0.2) is 51.5 Å². The topological polar surface area (TPSA) is 54.3 Å². The highest BCUT2D eigenvalue weighted by Crippen LogP contribution is 2.24. The molecule has 0 radical (unpaired) electrons. The van der Waals surface area contributed by atoms with Crippen LogP contribution in [0.3, 0.4) is 0 Å². The van der Waals surface area contributed by atoms with E-state index in [0.29, 0.717) is 13.1 Å². The molecular formula is C18H22FN5O. The van der Waals surface area contributed by atoms with Crippen LogP contribution in [-0.2, 0) is 17.8 Å². The molecule has 132 valence electrons. The zero-order chi connectivity index (χ0) is 17.4. The van der Waals surface area contributed by atoms with Gasteiger partial charge in [0.15, 0.2) is 0 Å². The fourth-order valence-corrected chi connectivity index (χ4v) is 3.80. The average molecular weight is 343 g/mol. The van der Waals surface area contributed by atoms with Gasteiger partial charge in [0.05, 0.1) is 6.20 Å². The van der Waals surface area contributed by atoms with Crippen molar-refractivity contribution in [3.8, 4) is 0 Å². The number of carbonyl (C=O) groups excluding carboxylic acids is 1. The molecule has 7 heteroatoms. The van der Waals surface area contributed by atoms with Crippen LogP contribution < -0.4 is 4.90 Å². The second kappa shape index (κ2) is 6.46. The zero-order valence-electron chi connectivity index (χ0n) is 14.4. The van der Waals surface area contributed by atoms with E-state index >= 15 is 0 Å². The van der Waals surface area contributed by atoms with Crippen LogP contribution in [0.15, 0.2) is 24.5 Å². The number of carbonyl (C=O) groups is 1. The van der Waals surface area contributed by atoms with E-state index in [1.807, 2.05) is 18.0 Å². The number of imidazole rings is 1. The molecule has 0 bridgehead atoms. The van der Waals surface area contributed by atoms with E-state index in [-0.39, 0.29) is 17.6 Å². The van der Waals surface area contributed by atoms with Gasteiger partial charge in [0.25, 0.3) is 0 Å². The predicted molar refractivity (Wildman–Crippen MR) is 91.8 cm³/mol. The normalized spacial score (nSPS) is 20.5. The highest BCUT2D eigenvalue weighted by molar-refractivity contribution is 5.79. The summed E-state index contributed by atoms with van der Waals surface area (Å²) in [5.74, 6) is 1.77. The number of halogens is 1. The maximum atomic E-state index is 13.0. The molecule has 4 rings (SSSR count). The Morgan fingerprint density at radius 2 is 1.92 bits per heavy atom. The summed E-state index contributed by atoms with van der Waals surface area (Å²) in [5.41, 5.74) is 1.16. The molecule has 6 nitrogen and oxygen atoms in total. The molecule has 1 saturated heterocycles. The number of fused-ring (bicyclic) bond motifs is 1. The average Bonchev–Trinajstić information content (AvgIpc) is 3.02. The van der Waals surface area contributed by atoms with Gasteiger partial charge in [0, 0.05) is 57.0 Å². The Morgan fingerprint density at radius 1 is 1.12 bits per heavy atom. The molecular weight excluding hydrogens is 321 g/mol. The van der Waals surface area contributed by atoms with E-state index in [0.717, 1.165) is 49.8 Å². The van der Waals surface area contributed by atoms with Gasteiger partial charge in [-0.3, -0.25) is 4.79 Å². The van der Waals surface area contributed by atoms with Crippen molar-refractivity contribution in [3.05, 3.63) is 41.9 Å². The fourth-order valence-electron chi connectivity index (χ4n) is 3.80. The maximum absolute atomic E-state index is 13.0. The molecule has 2 aromatic rings. The number of amides is 1. The molecule has 0 aliphatic carbocycles. The number of rotatable bonds is 2. The van der Waals surface area contributed by atoms with Gasteiger partial charge in [-0.05, 0) is 25.5 Å². The van der Waals surface area contributed by atoms with Crippen molar-refractivity contribution in [1.82, 2.24) is 19.4 Å². The minimum Gasteiger partial charge on any atom is -0.353 e. The van der Waals surface area contributed by atoms with Crippen LogP contribution in [0.1, 0.15) is 17.9 Å². The molecule has 0 saturated carbocycles. The molecule has 1 fully saturated rings. The van der Waals surface area contributed by atoms with Gasteiger partial charge in [-0.2, -0.15) is 0 Å². The van der Waals surface area contributed by atoms with Crippen LogP contribution >= 0.6 is 0 Å². The molecule has 2 aliphatic heterocycles. The van der Waals surface area contributed by atoms with E-state index in [1.54, 1.807) is 6.07 Å². The molecule has 2 aliphatic rings. The van der Waals surface area contributed by atoms with E-state index in [4.69, 9.17) is 0 Å². The minimum atomic E-state index is -0.329. The summed E-state index contributed by atoms with van der Waals surface area (Å²) < 4.78 is 15.2. The van der Waals surface area contributed by atoms with E-state index in [2.05, 4.69) is 19.4 Å². The summed E-state index contributed by atoms with van der Waals surface area (Å²) in [7, 11) is 0. The van der Waals surface area contributed by atoms with Gasteiger partial charge in [-0.1, -0.05) is 0 Å². The third-order valence-electron chi connectivity index (χ3n) is 5.27. The molecule has 1 unspecified atom stereocenters. The zero-order valence-corrected chi connectivity index (χ0v) is 14.4. The van der Waals surface area contributed by atoms with Crippen molar-refractivity contribution in [2.75, 3.05) is 31.1 Å². The van der Waals surface area contributed by atoms with Gasteiger partial charge in [-0.25, -0.2) is 14.4 Å². The second-order valence-corrected chi connectivity index (χ2v) is 6.79. The summed E-state index contributed by atoms with van der Waals surface area (Å²) in [5, 5.41) is 0. The van der Waals surface area contributed by atoms with Crippen molar-refractivity contribution < 1.29 is 9.18 Å². The van der Waals surface area contributed by atoms with Crippen molar-refractivity contribution in [1.29, 1.82) is 0 Å². The third kappa shape index (κ3) is 3.10. The van der Waals surface area contributed by atoms with Crippen molar-refractivity contribution in [3.63, 3.8) is 0 Å². The van der Waals surface area contributed by atoms with Gasteiger partial charge in [-0.15, -0.1) is 0 Å². The summed E-state index contributed by atoms with van der Waals surface area (Å²) in [4.78, 5) is 25.4. The number of pyridine rings is 1. The summed E-state index contributed by atoms with van der Waals surface area (Å²) in [6.45, 7) is 5.72. The van der Waals surface area contributed by atoms with Gasteiger partial charge in [0.2, 0.25) is 5.91 Å². The lowest BCUT2D eigenvalue weighted by molar-refractivity contribution is -0.136. The second-order valence-electron chi connectivity index (χ2n) is 6.79. The summed E-state index contributed by atoms with van der Waals surface area (Å²) in [6, 6.07) is 3.12. The van der Waals surface area contributed by atoms with E-state index < -0.39 is 0 Å². The van der Waals surface area contributed by atoms with Crippen LogP contribution in [0, 0.1) is 18.7 Å². The molecule has 1 atom stereocenters. The SMILES string of the molecule is Cc1ncc2n1CCC(C(=O)N1CCN(c3ccc(F)cn3)CC1)C2. The first-order valence-electron chi connectivity index (χ1n) is 8.78. The Bertz CT molecular complexity index is 764. The summed E-state index contributed by atoms with van der Waals surface area (Å²) in [6.07, 6.45) is 4.79. The Kier molecular flexibility index (Phi) is 4.15. The molecule has 0 N–H and O–H groups in total. The van der Waals surface area contributed by atoms with Crippen LogP contribution in [0.4, 0.5) is 10.2 Å². The van der Waals surface area contributed by atoms with Gasteiger partial charge < -0.3 is 14.4 Å². The van der Waals surface area contributed by atoms with E-state index in [9.17, 15) is 9.18 Å². The van der Waals surface area contributed by atoms with Crippen molar-refractivity contribution in [2.45, 2.75) is 26.3 Å². The molecule has 0 aromatic carbocycles. The standard InChI is InChI=1S/C18H22FN5O/c1-13-20-12-16-10-14(4-5-24(13)16)18(25)23-8-6-22(7-9-23)17-3-2-15(19)11-21-17/h2-3,11-12,14H,4-10H2,1H3. The minimum absolute atomic E-state index is 0.0547. The smallest absolute Gasteiger partial charge is 0.226 e. The first-order valence-corrected chi connectivity index (χ1v) is 8.78. The number of aromatic nitrogens is 3. The molecule has 25 heavy (non-hydrogen) atoms. The summed E-state index contributed by atoms with van der Waals surface area (Å²) >= 11 is 0. The van der Waals surface area contributed by atoms with Crippen molar-refractivity contribution >= 4 is 11.7 Å². The van der Waals surface area contributed by atoms with Crippen LogP contribution in [0.2, 0.25) is 0 Å². The fraction of sp³-hybridized carbons (Fsp3) is 0.500. The number of hydrogen-bond donors (Lipinski definition) is 0. The lowest BCUT2D eigenvalue weighted by Gasteiger charge is -2.37. The largest absolute Gasteiger partial charge is 0.353 e. The molecule has 4 heterocycles. The first-order chi connectivity index (χ1) is 12.1. The number of anilines is 1. The Morgan fingerprint density at radius 3 is 2.64 bits per heavy atom. The first kappa shape index (κ1) is 16.1. The number of aryl methyl sites for hydroxylation is 1. The Hall–Kier alpha value is -2.44. The number of piperazine rings is 1. The van der Waals surface area contributed by atoms with Crippen molar-refractivity contribution in [2.24, 2.45) is 5.92 Å². The molecule has 0 spiro atoms. The lowest BCUT2D eigenvalue weighted by Crippen LogP contribution is -2.51. The highest BCUT2D eigenvalue weighted by atomic mass is 19.1. The Balaban J connectivity index is 1.36. The van der Waals surface area contributed by atoms with E-state index in [1.165, 1.54) is 12.3 Å². The number of hydrogen-bond acceptors (Lipinski definition) is 4. The third-order valence-corrected chi connectivity index (χ3v) is 5.27. The monoisotopic (exact) mass is 343 g/mol. The maximum Gasteiger partial charge on any atom is 0.226 e. The Labute approximate surface area is 146 Å². The predicted octanol–water partition coefficient (Wildman–Crippen LogP) is 1.64.